The summed E-state index contributed by atoms with van der Waals surface area (Å²) in [6.07, 6.45) is 2.47. The van der Waals surface area contributed by atoms with Crippen molar-refractivity contribution in [3.8, 4) is 11.1 Å². The fourth-order valence-electron chi connectivity index (χ4n) is 5.62. The summed E-state index contributed by atoms with van der Waals surface area (Å²) in [5.41, 5.74) is 8.10. The molecule has 2 fully saturated rings. The van der Waals surface area contributed by atoms with Crippen LogP contribution in [0.25, 0.3) is 11.1 Å². The first kappa shape index (κ1) is 27.6. The Morgan fingerprint density at radius 1 is 1.22 bits per heavy atom. The lowest BCUT2D eigenvalue weighted by Crippen LogP contribution is -2.51. The van der Waals surface area contributed by atoms with E-state index < -0.39 is 24.1 Å². The van der Waals surface area contributed by atoms with Crippen molar-refractivity contribution in [3.63, 3.8) is 0 Å². The molecule has 2 aromatic carbocycles. The molecule has 1 saturated heterocycles. The number of aryl methyl sites for hydroxylation is 1. The van der Waals surface area contributed by atoms with Gasteiger partial charge in [-0.25, -0.2) is 8.78 Å². The Morgan fingerprint density at radius 3 is 2.73 bits per heavy atom. The Kier molecular flexibility index (Phi) is 9.29. The molecule has 2 aliphatic rings. The number of benzene rings is 2. The molecule has 5 unspecified atom stereocenters. The van der Waals surface area contributed by atoms with E-state index in [1.54, 1.807) is 32.2 Å². The number of nitrogens with zero attached hydrogens (tertiary/aromatic N) is 1. The first-order chi connectivity index (χ1) is 17.8. The van der Waals surface area contributed by atoms with Crippen molar-refractivity contribution in [2.24, 2.45) is 11.7 Å². The zero-order valence-corrected chi connectivity index (χ0v) is 21.7. The van der Waals surface area contributed by atoms with Gasteiger partial charge in [-0.15, -0.1) is 0 Å². The number of halogens is 2. The number of methoxy groups -OCH3 is 1. The number of carbonyl (C=O) groups excluding carboxylic acids is 1. The second kappa shape index (κ2) is 12.4. The van der Waals surface area contributed by atoms with E-state index in [0.717, 1.165) is 19.3 Å². The lowest BCUT2D eigenvalue weighted by atomic mass is 9.92. The normalized spacial score (nSPS) is 23.7. The van der Waals surface area contributed by atoms with Crippen LogP contribution in [0.3, 0.4) is 0 Å². The predicted octanol–water partition coefficient (Wildman–Crippen LogP) is 4.51. The van der Waals surface area contributed by atoms with Crippen LogP contribution in [0.1, 0.15) is 55.8 Å². The van der Waals surface area contributed by atoms with Crippen LogP contribution in [-0.2, 0) is 14.3 Å². The lowest BCUT2D eigenvalue weighted by molar-refractivity contribution is -0.148. The topological polar surface area (TPSA) is 85.0 Å². The van der Waals surface area contributed by atoms with Crippen molar-refractivity contribution in [1.29, 1.82) is 0 Å². The molecule has 2 aromatic rings. The zero-order chi connectivity index (χ0) is 26.5. The average Bonchev–Trinajstić information content (AvgIpc) is 3.34. The monoisotopic (exact) mass is 516 g/mol. The second-order valence-electron chi connectivity index (χ2n) is 10.4. The molecule has 1 heterocycles. The minimum Gasteiger partial charge on any atom is -0.390 e. The highest BCUT2D eigenvalue weighted by Gasteiger charge is 2.35. The van der Waals surface area contributed by atoms with E-state index >= 15 is 0 Å². The van der Waals surface area contributed by atoms with Gasteiger partial charge in [0.15, 0.2) is 0 Å². The van der Waals surface area contributed by atoms with Crippen LogP contribution in [0.4, 0.5) is 8.78 Å². The molecule has 202 valence electrons. The molecule has 37 heavy (non-hydrogen) atoms. The van der Waals surface area contributed by atoms with E-state index in [9.17, 15) is 18.7 Å². The molecule has 1 saturated carbocycles. The van der Waals surface area contributed by atoms with Gasteiger partial charge >= 0.3 is 0 Å². The van der Waals surface area contributed by atoms with Crippen molar-refractivity contribution < 1.29 is 28.2 Å². The van der Waals surface area contributed by atoms with Crippen LogP contribution < -0.4 is 5.73 Å². The minimum absolute atomic E-state index is 0.0290. The maximum Gasteiger partial charge on any atom is 0.225 e. The van der Waals surface area contributed by atoms with E-state index in [2.05, 4.69) is 0 Å². The molecule has 1 aliphatic carbocycles. The molecule has 1 aliphatic heterocycles. The third-order valence-corrected chi connectivity index (χ3v) is 7.75. The first-order valence-electron chi connectivity index (χ1n) is 13.2. The van der Waals surface area contributed by atoms with Crippen molar-refractivity contribution in [2.45, 2.75) is 69.8 Å². The summed E-state index contributed by atoms with van der Waals surface area (Å²) in [4.78, 5) is 14.7. The van der Waals surface area contributed by atoms with E-state index in [1.807, 2.05) is 11.0 Å². The van der Waals surface area contributed by atoms with E-state index in [1.165, 1.54) is 12.1 Å². The lowest BCUT2D eigenvalue weighted by Gasteiger charge is -2.36. The smallest absolute Gasteiger partial charge is 0.225 e. The van der Waals surface area contributed by atoms with Crippen LogP contribution in [0.2, 0.25) is 0 Å². The molecule has 5 atom stereocenters. The fourth-order valence-corrected chi connectivity index (χ4v) is 5.62. The molecule has 6 nitrogen and oxygen atoms in total. The minimum atomic E-state index is -0.731. The van der Waals surface area contributed by atoms with Gasteiger partial charge in [0.2, 0.25) is 5.91 Å². The molecular formula is C29H38F2N2O4. The number of amides is 1. The third-order valence-electron chi connectivity index (χ3n) is 7.75. The summed E-state index contributed by atoms with van der Waals surface area (Å²) >= 11 is 0. The van der Waals surface area contributed by atoms with Gasteiger partial charge < -0.3 is 25.2 Å². The van der Waals surface area contributed by atoms with Gasteiger partial charge in [-0.1, -0.05) is 18.2 Å². The maximum atomic E-state index is 14.9. The van der Waals surface area contributed by atoms with Crippen molar-refractivity contribution >= 4 is 5.91 Å². The highest BCUT2D eigenvalue weighted by atomic mass is 19.1. The molecule has 0 spiro atoms. The van der Waals surface area contributed by atoms with Gasteiger partial charge in [-0.3, -0.25) is 4.79 Å². The molecule has 0 bridgehead atoms. The first-order valence-corrected chi connectivity index (χ1v) is 13.2. The Balaban J connectivity index is 1.37. The van der Waals surface area contributed by atoms with Crippen LogP contribution in [0, 0.1) is 24.5 Å². The van der Waals surface area contributed by atoms with Gasteiger partial charge in [0, 0.05) is 37.7 Å². The van der Waals surface area contributed by atoms with E-state index in [0.29, 0.717) is 61.2 Å². The molecule has 8 heteroatoms. The number of ether oxygens (including phenoxy) is 2. The average molecular weight is 517 g/mol. The number of morpholine rings is 1. The van der Waals surface area contributed by atoms with Crippen LogP contribution in [0.5, 0.6) is 0 Å². The molecule has 0 radical (unpaired) electrons. The zero-order valence-electron chi connectivity index (χ0n) is 21.7. The van der Waals surface area contributed by atoms with Crippen molar-refractivity contribution in [3.05, 3.63) is 59.2 Å². The number of carbonyl (C=O) groups is 1. The van der Waals surface area contributed by atoms with Gasteiger partial charge in [0.05, 0.1) is 18.8 Å². The number of rotatable bonds is 9. The van der Waals surface area contributed by atoms with Crippen molar-refractivity contribution in [1.82, 2.24) is 4.90 Å². The van der Waals surface area contributed by atoms with Crippen LogP contribution >= 0.6 is 0 Å². The Morgan fingerprint density at radius 2 is 2.03 bits per heavy atom. The molecule has 3 N–H and O–H groups in total. The summed E-state index contributed by atoms with van der Waals surface area (Å²) in [7, 11) is 1.58. The molecule has 0 aromatic heterocycles. The quantitative estimate of drug-likeness (QED) is 0.512. The number of aliphatic hydroxyl groups excluding tert-OH is 1. The third kappa shape index (κ3) is 6.55. The van der Waals surface area contributed by atoms with Gasteiger partial charge in [0.25, 0.3) is 0 Å². The molecular weight excluding hydrogens is 478 g/mol. The SMILES string of the molecule is COC(CCCC(O)C1CN(C(=O)C2CCC(N)C2)CCO1)c1cccc(F)c1-c1ccc(F)c(C)c1. The summed E-state index contributed by atoms with van der Waals surface area (Å²) in [5.74, 6) is -0.647. The van der Waals surface area contributed by atoms with Crippen LogP contribution in [0.15, 0.2) is 36.4 Å². The fraction of sp³-hybridized carbons (Fsp3) is 0.552. The highest BCUT2D eigenvalue weighted by molar-refractivity contribution is 5.79. The number of hydrogen-bond acceptors (Lipinski definition) is 5. The van der Waals surface area contributed by atoms with E-state index in [4.69, 9.17) is 15.2 Å². The molecule has 4 rings (SSSR count). The highest BCUT2D eigenvalue weighted by Crippen LogP contribution is 2.35. The van der Waals surface area contributed by atoms with Gasteiger partial charge in [-0.05, 0) is 80.3 Å². The number of hydrogen-bond donors (Lipinski definition) is 2. The summed E-state index contributed by atoms with van der Waals surface area (Å²) in [6.45, 7) is 2.96. The van der Waals surface area contributed by atoms with E-state index in [-0.39, 0.29) is 23.7 Å². The van der Waals surface area contributed by atoms with Crippen molar-refractivity contribution in [2.75, 3.05) is 26.8 Å². The summed E-state index contributed by atoms with van der Waals surface area (Å²) < 4.78 is 40.3. The summed E-state index contributed by atoms with van der Waals surface area (Å²) in [5, 5.41) is 10.9. The second-order valence-corrected chi connectivity index (χ2v) is 10.4. The summed E-state index contributed by atoms with van der Waals surface area (Å²) in [6, 6.07) is 9.51. The molecule has 1 amide bonds. The largest absolute Gasteiger partial charge is 0.390 e. The Labute approximate surface area is 217 Å². The standard InChI is InChI=1S/C29H38F2N2O4/c1-18-15-19(10-12-23(18)30)28-22(5-3-6-24(28)31)26(36-2)8-4-7-25(34)27-17-33(13-14-37-27)29(35)20-9-11-21(32)16-20/h3,5-6,10,12,15,20-21,25-27,34H,4,7-9,11,13-14,16-17,32H2,1-2H3. The Bertz CT molecular complexity index is 1080. The van der Waals surface area contributed by atoms with Crippen LogP contribution in [-0.4, -0.2) is 61.0 Å². The van der Waals surface area contributed by atoms with Gasteiger partial charge in [0.1, 0.15) is 17.7 Å². The van der Waals surface area contributed by atoms with Gasteiger partial charge in [-0.2, -0.15) is 0 Å². The number of nitrogens with two attached hydrogens (primary N) is 1. The number of aliphatic hydroxyl groups is 1. The maximum absolute atomic E-state index is 14.9. The Hall–Kier alpha value is -2.39. The predicted molar refractivity (Wildman–Crippen MR) is 138 cm³/mol.